The van der Waals surface area contributed by atoms with Crippen molar-refractivity contribution in [2.75, 3.05) is 32.7 Å². The standard InChI is InChI=1S/C19H29N3O2/c1-2-22(19(24)18-10-17(23)11-20-18)14-16-8-9-21(13-16)12-15-6-4-3-5-7-15/h3-7,16-18,20,23H,2,8-14H2,1H3. The van der Waals surface area contributed by atoms with Crippen LogP contribution in [0.5, 0.6) is 0 Å². The molecule has 3 unspecified atom stereocenters. The van der Waals surface area contributed by atoms with Gasteiger partial charge < -0.3 is 15.3 Å². The monoisotopic (exact) mass is 331 g/mol. The van der Waals surface area contributed by atoms with Crippen molar-refractivity contribution in [3.63, 3.8) is 0 Å². The summed E-state index contributed by atoms with van der Waals surface area (Å²) in [4.78, 5) is 17.1. The molecule has 0 spiro atoms. The van der Waals surface area contributed by atoms with Gasteiger partial charge in [0.1, 0.15) is 0 Å². The quantitative estimate of drug-likeness (QED) is 0.819. The van der Waals surface area contributed by atoms with E-state index >= 15 is 0 Å². The van der Waals surface area contributed by atoms with Crippen LogP contribution in [0.3, 0.4) is 0 Å². The van der Waals surface area contributed by atoms with Crippen LogP contribution in [0, 0.1) is 5.92 Å². The zero-order valence-electron chi connectivity index (χ0n) is 14.5. The lowest BCUT2D eigenvalue weighted by molar-refractivity contribution is -0.133. The Morgan fingerprint density at radius 2 is 2.17 bits per heavy atom. The third-order valence-corrected chi connectivity index (χ3v) is 5.20. The van der Waals surface area contributed by atoms with Gasteiger partial charge in [-0.1, -0.05) is 30.3 Å². The van der Waals surface area contributed by atoms with E-state index in [1.807, 2.05) is 11.8 Å². The number of likely N-dealkylation sites (N-methyl/N-ethyl adjacent to an activating group) is 1. The molecule has 0 saturated carbocycles. The van der Waals surface area contributed by atoms with Crippen LogP contribution in [0.25, 0.3) is 0 Å². The normalized spacial score (nSPS) is 27.5. The summed E-state index contributed by atoms with van der Waals surface area (Å²) < 4.78 is 0. The number of aliphatic hydroxyl groups is 1. The molecule has 2 saturated heterocycles. The smallest absolute Gasteiger partial charge is 0.239 e. The van der Waals surface area contributed by atoms with Crippen molar-refractivity contribution in [3.8, 4) is 0 Å². The second-order valence-electron chi connectivity index (χ2n) is 7.10. The number of β-amino-alcohol motifs (C(OH)–C–C–N with tert-alkyl or cyclic N) is 1. The molecule has 2 aliphatic heterocycles. The third kappa shape index (κ3) is 4.35. The van der Waals surface area contributed by atoms with Crippen molar-refractivity contribution < 1.29 is 9.90 Å². The number of amides is 1. The first-order valence-electron chi connectivity index (χ1n) is 9.12. The van der Waals surface area contributed by atoms with Gasteiger partial charge in [-0.05, 0) is 37.8 Å². The topological polar surface area (TPSA) is 55.8 Å². The number of carbonyl (C=O) groups excluding carboxylic acids is 1. The SMILES string of the molecule is CCN(CC1CCN(Cc2ccccc2)C1)C(=O)C1CC(O)CN1. The van der Waals surface area contributed by atoms with E-state index in [1.165, 1.54) is 5.56 Å². The Morgan fingerprint density at radius 3 is 2.83 bits per heavy atom. The first-order chi connectivity index (χ1) is 11.7. The number of rotatable bonds is 6. The Bertz CT molecular complexity index is 537. The molecule has 0 bridgehead atoms. The van der Waals surface area contributed by atoms with E-state index in [9.17, 15) is 9.90 Å². The maximum Gasteiger partial charge on any atom is 0.239 e. The molecule has 0 radical (unpaired) electrons. The molecule has 0 aromatic heterocycles. The number of likely N-dealkylation sites (tertiary alicyclic amines) is 1. The van der Waals surface area contributed by atoms with E-state index in [4.69, 9.17) is 0 Å². The van der Waals surface area contributed by atoms with Gasteiger partial charge in [0.05, 0.1) is 12.1 Å². The highest BCUT2D eigenvalue weighted by molar-refractivity contribution is 5.82. The molecule has 5 nitrogen and oxygen atoms in total. The fourth-order valence-electron chi connectivity index (χ4n) is 3.86. The number of benzene rings is 1. The molecule has 132 valence electrons. The third-order valence-electron chi connectivity index (χ3n) is 5.20. The molecule has 1 aromatic carbocycles. The van der Waals surface area contributed by atoms with Crippen molar-refractivity contribution in [3.05, 3.63) is 35.9 Å². The van der Waals surface area contributed by atoms with Gasteiger partial charge in [0.15, 0.2) is 0 Å². The molecular formula is C19H29N3O2. The van der Waals surface area contributed by atoms with Gasteiger partial charge in [-0.3, -0.25) is 9.69 Å². The van der Waals surface area contributed by atoms with Gasteiger partial charge in [-0.15, -0.1) is 0 Å². The van der Waals surface area contributed by atoms with Gasteiger partial charge in [0, 0.05) is 32.7 Å². The van der Waals surface area contributed by atoms with Crippen LogP contribution >= 0.6 is 0 Å². The Balaban J connectivity index is 1.49. The molecule has 2 aliphatic rings. The lowest BCUT2D eigenvalue weighted by atomic mass is 10.1. The number of aliphatic hydroxyl groups excluding tert-OH is 1. The van der Waals surface area contributed by atoms with E-state index in [2.05, 4.69) is 40.5 Å². The van der Waals surface area contributed by atoms with Crippen molar-refractivity contribution in [2.24, 2.45) is 5.92 Å². The van der Waals surface area contributed by atoms with Crippen molar-refractivity contribution >= 4 is 5.91 Å². The predicted octanol–water partition coefficient (Wildman–Crippen LogP) is 1.08. The summed E-state index contributed by atoms with van der Waals surface area (Å²) in [6.45, 7) is 7.29. The number of hydrogen-bond acceptors (Lipinski definition) is 4. The van der Waals surface area contributed by atoms with E-state index in [0.29, 0.717) is 18.9 Å². The summed E-state index contributed by atoms with van der Waals surface area (Å²) in [5.41, 5.74) is 1.35. The molecule has 2 fully saturated rings. The Labute approximate surface area is 144 Å². The zero-order valence-corrected chi connectivity index (χ0v) is 14.5. The summed E-state index contributed by atoms with van der Waals surface area (Å²) in [5.74, 6) is 0.694. The Morgan fingerprint density at radius 1 is 1.38 bits per heavy atom. The molecule has 24 heavy (non-hydrogen) atoms. The van der Waals surface area contributed by atoms with Crippen LogP contribution in [-0.2, 0) is 11.3 Å². The zero-order chi connectivity index (χ0) is 16.9. The number of nitrogens with zero attached hydrogens (tertiary/aromatic N) is 2. The van der Waals surface area contributed by atoms with Crippen LogP contribution in [0.2, 0.25) is 0 Å². The predicted molar refractivity (Wildman–Crippen MR) is 94.5 cm³/mol. The van der Waals surface area contributed by atoms with Gasteiger partial charge in [-0.2, -0.15) is 0 Å². The fourth-order valence-corrected chi connectivity index (χ4v) is 3.86. The summed E-state index contributed by atoms with van der Waals surface area (Å²) in [6.07, 6.45) is 1.31. The first-order valence-corrected chi connectivity index (χ1v) is 9.12. The summed E-state index contributed by atoms with van der Waals surface area (Å²) in [7, 11) is 0. The highest BCUT2D eigenvalue weighted by Crippen LogP contribution is 2.21. The van der Waals surface area contributed by atoms with Crippen LogP contribution in [-0.4, -0.2) is 65.7 Å². The van der Waals surface area contributed by atoms with Crippen LogP contribution < -0.4 is 5.32 Å². The van der Waals surface area contributed by atoms with E-state index < -0.39 is 0 Å². The molecular weight excluding hydrogens is 302 g/mol. The Hall–Kier alpha value is -1.43. The average Bonchev–Trinajstić information content (AvgIpc) is 3.22. The summed E-state index contributed by atoms with van der Waals surface area (Å²) in [5, 5.41) is 12.8. The molecule has 2 heterocycles. The van der Waals surface area contributed by atoms with Gasteiger partial charge in [0.2, 0.25) is 5.91 Å². The first kappa shape index (κ1) is 17.4. The summed E-state index contributed by atoms with van der Waals surface area (Å²) in [6, 6.07) is 10.4. The second kappa shape index (κ2) is 8.10. The number of carbonyl (C=O) groups is 1. The minimum absolute atomic E-state index is 0.149. The largest absolute Gasteiger partial charge is 0.392 e. The number of nitrogens with one attached hydrogen (secondary N) is 1. The lowest BCUT2D eigenvalue weighted by Crippen LogP contribution is -2.45. The van der Waals surface area contributed by atoms with Crippen molar-refractivity contribution in [1.29, 1.82) is 0 Å². The fraction of sp³-hybridized carbons (Fsp3) is 0.632. The minimum atomic E-state index is -0.384. The molecule has 1 amide bonds. The van der Waals surface area contributed by atoms with Crippen molar-refractivity contribution in [1.82, 2.24) is 15.1 Å². The Kier molecular flexibility index (Phi) is 5.87. The van der Waals surface area contributed by atoms with Gasteiger partial charge in [0.25, 0.3) is 0 Å². The number of hydrogen-bond donors (Lipinski definition) is 2. The molecule has 5 heteroatoms. The molecule has 0 aliphatic carbocycles. The lowest BCUT2D eigenvalue weighted by Gasteiger charge is -2.27. The highest BCUT2D eigenvalue weighted by atomic mass is 16.3. The van der Waals surface area contributed by atoms with Crippen LogP contribution in [0.15, 0.2) is 30.3 Å². The maximum absolute atomic E-state index is 12.6. The molecule has 2 N–H and O–H groups in total. The second-order valence-corrected chi connectivity index (χ2v) is 7.10. The van der Waals surface area contributed by atoms with Gasteiger partial charge in [-0.25, -0.2) is 0 Å². The van der Waals surface area contributed by atoms with E-state index in [1.54, 1.807) is 0 Å². The summed E-state index contributed by atoms with van der Waals surface area (Å²) >= 11 is 0. The molecule has 3 rings (SSSR count). The molecule has 3 atom stereocenters. The minimum Gasteiger partial charge on any atom is -0.392 e. The average molecular weight is 331 g/mol. The van der Waals surface area contributed by atoms with Crippen LogP contribution in [0.1, 0.15) is 25.3 Å². The highest BCUT2D eigenvalue weighted by Gasteiger charge is 2.32. The van der Waals surface area contributed by atoms with Gasteiger partial charge >= 0.3 is 0 Å². The maximum atomic E-state index is 12.6. The van der Waals surface area contributed by atoms with E-state index in [0.717, 1.165) is 39.1 Å². The van der Waals surface area contributed by atoms with Crippen LogP contribution in [0.4, 0.5) is 0 Å². The van der Waals surface area contributed by atoms with Crippen molar-refractivity contribution in [2.45, 2.75) is 38.5 Å². The molecule has 1 aromatic rings. The van der Waals surface area contributed by atoms with E-state index in [-0.39, 0.29) is 18.1 Å².